The lowest BCUT2D eigenvalue weighted by Gasteiger charge is -2.37. The summed E-state index contributed by atoms with van der Waals surface area (Å²) in [4.78, 5) is 38.4. The summed E-state index contributed by atoms with van der Waals surface area (Å²) >= 11 is 0. The topological polar surface area (TPSA) is 93.2 Å². The van der Waals surface area contributed by atoms with Crippen LogP contribution in [-0.2, 0) is 18.3 Å². The van der Waals surface area contributed by atoms with Crippen molar-refractivity contribution in [2.75, 3.05) is 0 Å². The van der Waals surface area contributed by atoms with Crippen molar-refractivity contribution in [3.63, 3.8) is 0 Å². The second-order valence-corrected chi connectivity index (χ2v) is 6.88. The normalized spacial score (nSPS) is 18.1. The first-order valence-corrected chi connectivity index (χ1v) is 8.12. The van der Waals surface area contributed by atoms with Crippen LogP contribution < -0.4 is 21.3 Å². The fourth-order valence-electron chi connectivity index (χ4n) is 3.09. The van der Waals surface area contributed by atoms with Gasteiger partial charge in [0.1, 0.15) is 11.4 Å². The number of rotatable bonds is 3. The maximum atomic E-state index is 12.5. The van der Waals surface area contributed by atoms with Crippen molar-refractivity contribution >= 4 is 5.91 Å². The molecule has 1 aliphatic heterocycles. The number of benzene rings is 1. The maximum Gasteiger partial charge on any atom is 0.328 e. The molecule has 1 unspecified atom stereocenters. The smallest absolute Gasteiger partial charge is 0.328 e. The van der Waals surface area contributed by atoms with Crippen molar-refractivity contribution in [2.24, 2.45) is 7.05 Å². The van der Waals surface area contributed by atoms with Gasteiger partial charge in [-0.25, -0.2) is 4.79 Å². The van der Waals surface area contributed by atoms with Crippen molar-refractivity contribution in [3.8, 4) is 5.75 Å². The number of amides is 1. The maximum absolute atomic E-state index is 12.5. The molecule has 1 aromatic carbocycles. The zero-order valence-electron chi connectivity index (χ0n) is 14.5. The second-order valence-electron chi connectivity index (χ2n) is 6.88. The van der Waals surface area contributed by atoms with Gasteiger partial charge in [-0.15, -0.1) is 0 Å². The quantitative estimate of drug-likeness (QED) is 0.871. The molecule has 3 rings (SSSR count). The molecule has 0 radical (unpaired) electrons. The first-order valence-electron chi connectivity index (χ1n) is 8.12. The molecule has 0 bridgehead atoms. The second kappa shape index (κ2) is 6.23. The monoisotopic (exact) mass is 343 g/mol. The molecule has 2 aromatic rings. The first kappa shape index (κ1) is 17.0. The Morgan fingerprint density at radius 3 is 2.84 bits per heavy atom. The number of nitrogens with zero attached hydrogens (tertiary/aromatic N) is 1. The lowest BCUT2D eigenvalue weighted by molar-refractivity contribution is -0.121. The summed E-state index contributed by atoms with van der Waals surface area (Å²) in [7, 11) is 1.37. The Kier molecular flexibility index (Phi) is 4.24. The van der Waals surface area contributed by atoms with E-state index >= 15 is 0 Å². The Labute approximate surface area is 144 Å². The molecule has 1 amide bonds. The highest BCUT2D eigenvalue weighted by Crippen LogP contribution is 2.39. The van der Waals surface area contributed by atoms with E-state index in [0.717, 1.165) is 15.9 Å². The molecule has 1 aliphatic rings. The van der Waals surface area contributed by atoms with Gasteiger partial charge in [-0.3, -0.25) is 14.2 Å². The number of carbonyl (C=O) groups is 1. The molecule has 0 spiro atoms. The Bertz CT molecular complexity index is 926. The SMILES string of the molecule is Cn1c(=O)[nH]cc(CC(=O)NC2CC(C)(C)Oc3ccccc32)c1=O. The van der Waals surface area contributed by atoms with Crippen molar-refractivity contribution in [3.05, 3.63) is 62.4 Å². The van der Waals surface area contributed by atoms with E-state index in [2.05, 4.69) is 10.3 Å². The van der Waals surface area contributed by atoms with Crippen molar-refractivity contribution in [1.29, 1.82) is 0 Å². The number of aromatic nitrogens is 2. The van der Waals surface area contributed by atoms with Crippen LogP contribution in [0.2, 0.25) is 0 Å². The van der Waals surface area contributed by atoms with E-state index in [9.17, 15) is 14.4 Å². The third-order valence-corrected chi connectivity index (χ3v) is 4.32. The van der Waals surface area contributed by atoms with Gasteiger partial charge in [-0.1, -0.05) is 18.2 Å². The molecule has 1 atom stereocenters. The summed E-state index contributed by atoms with van der Waals surface area (Å²) in [6, 6.07) is 7.40. The Morgan fingerprint density at radius 2 is 2.08 bits per heavy atom. The molecule has 7 nitrogen and oxygen atoms in total. The lowest BCUT2D eigenvalue weighted by Crippen LogP contribution is -2.42. The molecule has 0 aliphatic carbocycles. The van der Waals surface area contributed by atoms with Crippen molar-refractivity contribution < 1.29 is 9.53 Å². The van der Waals surface area contributed by atoms with Gasteiger partial charge < -0.3 is 15.0 Å². The van der Waals surface area contributed by atoms with Crippen LogP contribution in [0.1, 0.15) is 37.4 Å². The van der Waals surface area contributed by atoms with Crippen molar-refractivity contribution in [1.82, 2.24) is 14.9 Å². The summed E-state index contributed by atoms with van der Waals surface area (Å²) in [6.45, 7) is 3.94. The third kappa shape index (κ3) is 3.50. The molecule has 0 saturated carbocycles. The van der Waals surface area contributed by atoms with Gasteiger partial charge in [0.25, 0.3) is 5.56 Å². The third-order valence-electron chi connectivity index (χ3n) is 4.32. The number of ether oxygens (including phenoxy) is 1. The van der Waals surface area contributed by atoms with E-state index in [0.29, 0.717) is 6.42 Å². The van der Waals surface area contributed by atoms with Gasteiger partial charge in [0.2, 0.25) is 5.91 Å². The molecule has 0 saturated heterocycles. The number of fused-ring (bicyclic) bond motifs is 1. The van der Waals surface area contributed by atoms with Gasteiger partial charge in [-0.2, -0.15) is 0 Å². The first-order chi connectivity index (χ1) is 11.8. The molecular weight excluding hydrogens is 322 g/mol. The van der Waals surface area contributed by atoms with Gasteiger partial charge in [-0.05, 0) is 19.9 Å². The number of hydrogen-bond acceptors (Lipinski definition) is 4. The van der Waals surface area contributed by atoms with Gasteiger partial charge in [0.05, 0.1) is 12.5 Å². The summed E-state index contributed by atoms with van der Waals surface area (Å²) in [5.41, 5.74) is -0.204. The predicted octanol–water partition coefficient (Wildman–Crippen LogP) is 1.03. The minimum atomic E-state index is -0.505. The number of H-pyrrole nitrogens is 1. The average molecular weight is 343 g/mol. The van der Waals surface area contributed by atoms with Crippen molar-refractivity contribution in [2.45, 2.75) is 38.3 Å². The van der Waals surface area contributed by atoms with Crippen LogP contribution in [0.15, 0.2) is 40.1 Å². The van der Waals surface area contributed by atoms with Crippen LogP contribution in [0.4, 0.5) is 0 Å². The minimum absolute atomic E-state index is 0.0938. The summed E-state index contributed by atoms with van der Waals surface area (Å²) in [5, 5.41) is 2.98. The van der Waals surface area contributed by atoms with E-state index in [1.807, 2.05) is 38.1 Å². The summed E-state index contributed by atoms with van der Waals surface area (Å²) in [6.07, 6.45) is 1.83. The van der Waals surface area contributed by atoms with Crippen LogP contribution >= 0.6 is 0 Å². The van der Waals surface area contributed by atoms with E-state index in [-0.39, 0.29) is 23.9 Å². The number of nitrogens with one attached hydrogen (secondary N) is 2. The van der Waals surface area contributed by atoms with E-state index in [1.54, 1.807) is 0 Å². The van der Waals surface area contributed by atoms with E-state index in [1.165, 1.54) is 13.2 Å². The van der Waals surface area contributed by atoms with Gasteiger partial charge >= 0.3 is 5.69 Å². The number of carbonyl (C=O) groups excluding carboxylic acids is 1. The van der Waals surface area contributed by atoms with Crippen LogP contribution in [0.5, 0.6) is 5.75 Å². The van der Waals surface area contributed by atoms with Crippen LogP contribution in [0.3, 0.4) is 0 Å². The van der Waals surface area contributed by atoms with E-state index < -0.39 is 16.9 Å². The molecular formula is C18H21N3O4. The number of hydrogen-bond donors (Lipinski definition) is 2. The highest BCUT2D eigenvalue weighted by atomic mass is 16.5. The predicted molar refractivity (Wildman–Crippen MR) is 92.7 cm³/mol. The summed E-state index contributed by atoms with van der Waals surface area (Å²) in [5.74, 6) is 0.477. The summed E-state index contributed by atoms with van der Waals surface area (Å²) < 4.78 is 6.91. The van der Waals surface area contributed by atoms with Gasteiger partial charge in [0.15, 0.2) is 0 Å². The fraction of sp³-hybridized carbons (Fsp3) is 0.389. The molecule has 25 heavy (non-hydrogen) atoms. The van der Waals surface area contributed by atoms with Crippen LogP contribution in [-0.4, -0.2) is 21.1 Å². The van der Waals surface area contributed by atoms with E-state index in [4.69, 9.17) is 4.74 Å². The minimum Gasteiger partial charge on any atom is -0.487 e. The zero-order chi connectivity index (χ0) is 18.2. The largest absolute Gasteiger partial charge is 0.487 e. The van der Waals surface area contributed by atoms with Crippen LogP contribution in [0.25, 0.3) is 0 Å². The Balaban J connectivity index is 1.81. The standard InChI is InChI=1S/C18H21N3O4/c1-18(2)9-13(12-6-4-5-7-14(12)25-18)20-15(22)8-11-10-19-17(24)21(3)16(11)23/h4-7,10,13H,8-9H2,1-3H3,(H,19,24)(H,20,22). The Hall–Kier alpha value is -2.83. The highest BCUT2D eigenvalue weighted by Gasteiger charge is 2.34. The molecule has 2 N–H and O–H groups in total. The Morgan fingerprint density at radius 1 is 1.36 bits per heavy atom. The molecule has 0 fully saturated rings. The fourth-order valence-corrected chi connectivity index (χ4v) is 3.09. The number of aromatic amines is 1. The highest BCUT2D eigenvalue weighted by molar-refractivity contribution is 5.79. The number of para-hydroxylation sites is 1. The molecule has 1 aromatic heterocycles. The molecule has 7 heteroatoms. The molecule has 2 heterocycles. The van der Waals surface area contributed by atoms with Gasteiger partial charge in [0, 0.05) is 30.8 Å². The lowest BCUT2D eigenvalue weighted by atomic mass is 9.89. The molecule has 132 valence electrons. The average Bonchev–Trinajstić information content (AvgIpc) is 2.54. The van der Waals surface area contributed by atoms with Crippen LogP contribution in [0, 0.1) is 0 Å². The zero-order valence-corrected chi connectivity index (χ0v) is 14.5.